The summed E-state index contributed by atoms with van der Waals surface area (Å²) in [6.07, 6.45) is 7.85. The van der Waals surface area contributed by atoms with Crippen molar-refractivity contribution in [2.24, 2.45) is 5.92 Å². The molecule has 0 aliphatic heterocycles. The van der Waals surface area contributed by atoms with Crippen molar-refractivity contribution in [1.29, 1.82) is 0 Å². The fourth-order valence-electron chi connectivity index (χ4n) is 4.86. The molecule has 2 aliphatic rings. The molecule has 3 aromatic rings. The molecule has 5 rings (SSSR count). The Morgan fingerprint density at radius 2 is 1.76 bits per heavy atom. The number of benzene rings is 2. The van der Waals surface area contributed by atoms with Gasteiger partial charge in [0.15, 0.2) is 11.5 Å². The summed E-state index contributed by atoms with van der Waals surface area (Å²) in [6, 6.07) is 10.5. The molecule has 1 heterocycles. The molecule has 6 nitrogen and oxygen atoms in total. The topological polar surface area (TPSA) is 66.9 Å². The number of nitrogens with zero attached hydrogens (tertiary/aromatic N) is 1. The quantitative estimate of drug-likeness (QED) is 0.190. The third kappa shape index (κ3) is 7.34. The summed E-state index contributed by atoms with van der Waals surface area (Å²) in [4.78, 5) is 17.6. The number of pyridine rings is 1. The minimum Gasteiger partial charge on any atom is -0.501 e. The van der Waals surface area contributed by atoms with Gasteiger partial charge in [0.1, 0.15) is 6.10 Å². The van der Waals surface area contributed by atoms with Crippen molar-refractivity contribution >= 4 is 35.2 Å². The molecule has 2 aliphatic carbocycles. The van der Waals surface area contributed by atoms with E-state index < -0.39 is 24.6 Å². The van der Waals surface area contributed by atoms with E-state index in [1.807, 2.05) is 24.3 Å². The van der Waals surface area contributed by atoms with E-state index in [0.29, 0.717) is 33.7 Å². The van der Waals surface area contributed by atoms with Gasteiger partial charge in [0.05, 0.1) is 35.4 Å². The van der Waals surface area contributed by atoms with Gasteiger partial charge in [-0.25, -0.2) is 0 Å². The molecule has 0 spiro atoms. The van der Waals surface area contributed by atoms with Crippen LogP contribution < -0.4 is 9.47 Å². The Bertz CT molecular complexity index is 1460. The number of allylic oxidation sites excluding steroid dienone is 1. The number of carbonyl (C=O) groups is 1. The molecule has 1 unspecified atom stereocenters. The summed E-state index contributed by atoms with van der Waals surface area (Å²) in [7, 11) is 1.66. The highest BCUT2D eigenvalue weighted by Gasteiger charge is 2.28. The molecule has 42 heavy (non-hydrogen) atoms. The van der Waals surface area contributed by atoms with Gasteiger partial charge < -0.3 is 18.9 Å². The minimum absolute atomic E-state index is 0.0902. The predicted molar refractivity (Wildman–Crippen MR) is 156 cm³/mol. The number of fused-ring (bicyclic) bond motifs is 1. The first-order chi connectivity index (χ1) is 20.2. The van der Waals surface area contributed by atoms with Crippen LogP contribution in [-0.2, 0) is 27.1 Å². The molecular formula is C32H31Cl2F2NO5. The highest BCUT2D eigenvalue weighted by molar-refractivity contribution is 6.35. The van der Waals surface area contributed by atoms with Crippen LogP contribution in [0.2, 0.25) is 10.0 Å². The third-order valence-corrected chi connectivity index (χ3v) is 8.22. The average Bonchev–Trinajstić information content (AvgIpc) is 3.81. The lowest BCUT2D eigenvalue weighted by molar-refractivity contribution is -0.151. The third-order valence-electron chi connectivity index (χ3n) is 7.57. The van der Waals surface area contributed by atoms with Crippen LogP contribution in [0.25, 0.3) is 6.08 Å². The zero-order chi connectivity index (χ0) is 29.8. The Balaban J connectivity index is 1.43. The van der Waals surface area contributed by atoms with E-state index in [1.165, 1.54) is 18.5 Å². The summed E-state index contributed by atoms with van der Waals surface area (Å²) < 4.78 is 48.3. The number of carbonyl (C=O) groups excluding carboxylic acids is 1. The van der Waals surface area contributed by atoms with Crippen LogP contribution in [0.3, 0.4) is 0 Å². The zero-order valence-electron chi connectivity index (χ0n) is 23.2. The number of methoxy groups -OCH3 is 1. The molecule has 0 N–H and O–H groups in total. The second-order valence-corrected chi connectivity index (χ2v) is 11.4. The Hall–Kier alpha value is -3.36. The number of alkyl halides is 2. The molecule has 1 saturated carbocycles. The minimum atomic E-state index is -3.02. The maximum absolute atomic E-state index is 13.6. The van der Waals surface area contributed by atoms with Gasteiger partial charge in [-0.2, -0.15) is 8.78 Å². The summed E-state index contributed by atoms with van der Waals surface area (Å²) >= 11 is 12.8. The first-order valence-electron chi connectivity index (χ1n) is 13.8. The lowest BCUT2D eigenvalue weighted by atomic mass is 9.90. The average molecular weight is 619 g/mol. The van der Waals surface area contributed by atoms with Crippen LogP contribution >= 0.6 is 23.2 Å². The van der Waals surface area contributed by atoms with Gasteiger partial charge in [-0.15, -0.1) is 0 Å². The molecule has 0 saturated heterocycles. The van der Waals surface area contributed by atoms with E-state index in [4.69, 9.17) is 42.1 Å². The van der Waals surface area contributed by atoms with Gasteiger partial charge in [-0.1, -0.05) is 47.5 Å². The second kappa shape index (κ2) is 13.3. The number of aryl methyl sites for hydroxylation is 1. The number of halogens is 4. The van der Waals surface area contributed by atoms with Crippen LogP contribution in [0.5, 0.6) is 11.5 Å². The fourth-order valence-corrected chi connectivity index (χ4v) is 5.38. The van der Waals surface area contributed by atoms with E-state index >= 15 is 0 Å². The van der Waals surface area contributed by atoms with Crippen molar-refractivity contribution in [3.8, 4) is 11.5 Å². The Morgan fingerprint density at radius 1 is 1.02 bits per heavy atom. The highest BCUT2D eigenvalue weighted by Crippen LogP contribution is 2.38. The normalized spacial score (nSPS) is 15.8. The van der Waals surface area contributed by atoms with Crippen LogP contribution in [0.1, 0.15) is 66.0 Å². The number of ether oxygens (including phenoxy) is 4. The van der Waals surface area contributed by atoms with E-state index in [0.717, 1.165) is 48.1 Å². The van der Waals surface area contributed by atoms with E-state index in [-0.39, 0.29) is 17.9 Å². The lowest BCUT2D eigenvalue weighted by Gasteiger charge is -2.24. The number of rotatable bonds is 12. The van der Waals surface area contributed by atoms with Crippen molar-refractivity contribution < 1.29 is 32.5 Å². The van der Waals surface area contributed by atoms with Gasteiger partial charge in [0.25, 0.3) is 0 Å². The van der Waals surface area contributed by atoms with Crippen molar-refractivity contribution in [3.05, 3.63) is 92.4 Å². The van der Waals surface area contributed by atoms with Crippen LogP contribution in [-0.4, -0.2) is 31.3 Å². The van der Waals surface area contributed by atoms with Crippen molar-refractivity contribution in [1.82, 2.24) is 4.98 Å². The standard InChI is InChI=1S/C32H31Cl2F2NO5/c1-18(20-5-6-22-12-24(39-2)9-7-21(22)11-20)31(38)41-29(14-25-26(33)15-37-16-27(25)34)23-8-10-28(42-32(35)36)30(13-23)40-17-19-3-4-19/h5-6,8,10-13,15-16,18-19,29,32H,3-4,7,9,14,17H2,1-2H3/t18-,29?/m0/s1. The van der Waals surface area contributed by atoms with Crippen molar-refractivity contribution in [2.75, 3.05) is 13.7 Å². The second-order valence-electron chi connectivity index (χ2n) is 10.5. The lowest BCUT2D eigenvalue weighted by Crippen LogP contribution is -2.19. The highest BCUT2D eigenvalue weighted by atomic mass is 35.5. The Kier molecular flexibility index (Phi) is 9.53. The van der Waals surface area contributed by atoms with Crippen molar-refractivity contribution in [3.63, 3.8) is 0 Å². The van der Waals surface area contributed by atoms with Crippen LogP contribution in [0, 0.1) is 5.92 Å². The van der Waals surface area contributed by atoms with E-state index in [2.05, 4.69) is 4.98 Å². The fraction of sp³-hybridized carbons (Fsp3) is 0.375. The summed E-state index contributed by atoms with van der Waals surface area (Å²) in [5, 5.41) is 0.634. The summed E-state index contributed by atoms with van der Waals surface area (Å²) in [5.74, 6) is 0.320. The van der Waals surface area contributed by atoms with Gasteiger partial charge in [0.2, 0.25) is 0 Å². The maximum atomic E-state index is 13.6. The molecule has 0 amide bonds. The Labute approximate surface area is 253 Å². The molecular weight excluding hydrogens is 587 g/mol. The SMILES string of the molecule is COC1=Cc2ccc([C@H](C)C(=O)OC(Cc3c(Cl)cncc3Cl)c3ccc(OC(F)F)c(OCC4CC4)c3)cc2CC1. The molecule has 1 fully saturated rings. The maximum Gasteiger partial charge on any atom is 0.387 e. The predicted octanol–water partition coefficient (Wildman–Crippen LogP) is 8.34. The molecule has 222 valence electrons. The molecule has 0 radical (unpaired) electrons. The molecule has 2 aromatic carbocycles. The molecule has 1 aromatic heterocycles. The van der Waals surface area contributed by atoms with Gasteiger partial charge in [-0.3, -0.25) is 9.78 Å². The summed E-state index contributed by atoms with van der Waals surface area (Å²) in [6.45, 7) is -0.848. The van der Waals surface area contributed by atoms with E-state index in [9.17, 15) is 13.6 Å². The molecule has 10 heteroatoms. The zero-order valence-corrected chi connectivity index (χ0v) is 24.8. The van der Waals surface area contributed by atoms with Crippen molar-refractivity contribution in [2.45, 2.75) is 57.7 Å². The number of esters is 1. The van der Waals surface area contributed by atoms with Crippen LogP contribution in [0.4, 0.5) is 8.78 Å². The first-order valence-corrected chi connectivity index (χ1v) is 14.5. The Morgan fingerprint density at radius 3 is 2.45 bits per heavy atom. The number of hydrogen-bond donors (Lipinski definition) is 0. The van der Waals surface area contributed by atoms with Crippen LogP contribution in [0.15, 0.2) is 54.6 Å². The number of hydrogen-bond acceptors (Lipinski definition) is 6. The number of aromatic nitrogens is 1. The van der Waals surface area contributed by atoms with Gasteiger partial charge in [-0.05, 0) is 78.1 Å². The van der Waals surface area contributed by atoms with Gasteiger partial charge >= 0.3 is 12.6 Å². The largest absolute Gasteiger partial charge is 0.501 e. The molecule has 0 bridgehead atoms. The first kappa shape index (κ1) is 30.1. The smallest absolute Gasteiger partial charge is 0.387 e. The monoisotopic (exact) mass is 617 g/mol. The summed E-state index contributed by atoms with van der Waals surface area (Å²) in [5.41, 5.74) is 4.08. The van der Waals surface area contributed by atoms with Gasteiger partial charge in [0, 0.05) is 25.2 Å². The molecule has 2 atom stereocenters. The van der Waals surface area contributed by atoms with E-state index in [1.54, 1.807) is 26.2 Å².